The Bertz CT molecular complexity index is 1470. The number of benzene rings is 1. The largest absolute Gasteiger partial charge is 0.505 e. The molecule has 1 saturated carbocycles. The van der Waals surface area contributed by atoms with E-state index in [1.54, 1.807) is 7.05 Å². The van der Waals surface area contributed by atoms with E-state index in [0.717, 1.165) is 28.1 Å². The van der Waals surface area contributed by atoms with Gasteiger partial charge in [-0.3, -0.25) is 13.9 Å². The van der Waals surface area contributed by atoms with Crippen LogP contribution in [0.15, 0.2) is 29.1 Å². The van der Waals surface area contributed by atoms with Gasteiger partial charge in [0, 0.05) is 26.7 Å². The first-order valence-corrected chi connectivity index (χ1v) is 12.7. The van der Waals surface area contributed by atoms with Gasteiger partial charge in [0.05, 0.1) is 12.8 Å². The quantitative estimate of drug-likeness (QED) is 0.559. The molecule has 34 heavy (non-hydrogen) atoms. The molecule has 5 rings (SSSR count). The van der Waals surface area contributed by atoms with Crippen molar-refractivity contribution in [1.29, 1.82) is 0 Å². The second-order valence-electron chi connectivity index (χ2n) is 8.95. The first kappa shape index (κ1) is 22.4. The predicted octanol–water partition coefficient (Wildman–Crippen LogP) is 1.35. The Morgan fingerprint density at radius 3 is 2.47 bits per heavy atom. The molecule has 1 fully saturated rings. The topological polar surface area (TPSA) is 118 Å². The fourth-order valence-electron chi connectivity index (χ4n) is 4.30. The van der Waals surface area contributed by atoms with Gasteiger partial charge < -0.3 is 14.6 Å². The maximum Gasteiger partial charge on any atom is 0.280 e. The second kappa shape index (κ2) is 7.83. The zero-order valence-corrected chi connectivity index (χ0v) is 19.5. The van der Waals surface area contributed by atoms with E-state index in [1.165, 1.54) is 33.7 Å². The van der Waals surface area contributed by atoms with Crippen LogP contribution in [0.25, 0.3) is 10.9 Å². The SMILES string of the molecule is CN1CCn2c(c(O)c3c(=O)n(Cc4ccc(F)cc4)nc(N(CC4CC4)S(C)(=O)=O)c32)C1=O. The molecule has 1 aliphatic heterocycles. The van der Waals surface area contributed by atoms with E-state index < -0.39 is 33.1 Å². The third kappa shape index (κ3) is 3.71. The molecule has 2 aromatic heterocycles. The Morgan fingerprint density at radius 1 is 1.18 bits per heavy atom. The fraction of sp³-hybridized carbons (Fsp3) is 0.409. The van der Waals surface area contributed by atoms with Gasteiger partial charge in [-0.25, -0.2) is 17.5 Å². The summed E-state index contributed by atoms with van der Waals surface area (Å²) in [7, 11) is -2.21. The monoisotopic (exact) mass is 489 g/mol. The van der Waals surface area contributed by atoms with Crippen molar-refractivity contribution >= 4 is 32.7 Å². The molecule has 0 spiro atoms. The maximum atomic E-state index is 13.4. The van der Waals surface area contributed by atoms with Crippen molar-refractivity contribution in [3.63, 3.8) is 0 Å². The number of halogens is 1. The molecular weight excluding hydrogens is 465 g/mol. The van der Waals surface area contributed by atoms with E-state index in [9.17, 15) is 27.5 Å². The maximum absolute atomic E-state index is 13.4. The number of fused-ring (bicyclic) bond motifs is 3. The van der Waals surface area contributed by atoms with Crippen LogP contribution in [-0.4, -0.2) is 65.1 Å². The van der Waals surface area contributed by atoms with Gasteiger partial charge in [0.15, 0.2) is 17.3 Å². The summed E-state index contributed by atoms with van der Waals surface area (Å²) in [6.07, 6.45) is 2.83. The minimum Gasteiger partial charge on any atom is -0.505 e. The summed E-state index contributed by atoms with van der Waals surface area (Å²) in [6, 6.07) is 5.49. The van der Waals surface area contributed by atoms with Crippen LogP contribution >= 0.6 is 0 Å². The van der Waals surface area contributed by atoms with Gasteiger partial charge in [0.2, 0.25) is 10.0 Å². The molecule has 0 atom stereocenters. The number of anilines is 1. The zero-order valence-electron chi connectivity index (χ0n) is 18.7. The van der Waals surface area contributed by atoms with E-state index in [2.05, 4.69) is 5.10 Å². The van der Waals surface area contributed by atoms with Crippen LogP contribution < -0.4 is 9.86 Å². The van der Waals surface area contributed by atoms with Crippen molar-refractivity contribution in [2.24, 2.45) is 5.92 Å². The Hall–Kier alpha value is -3.41. The molecule has 0 unspecified atom stereocenters. The summed E-state index contributed by atoms with van der Waals surface area (Å²) in [5, 5.41) is 15.3. The number of hydrogen-bond donors (Lipinski definition) is 1. The highest BCUT2D eigenvalue weighted by Gasteiger charge is 2.37. The number of aromatic nitrogens is 3. The van der Waals surface area contributed by atoms with Crippen molar-refractivity contribution in [3.8, 4) is 5.75 Å². The highest BCUT2D eigenvalue weighted by molar-refractivity contribution is 7.92. The number of amides is 1. The molecule has 3 heterocycles. The van der Waals surface area contributed by atoms with E-state index >= 15 is 0 Å². The van der Waals surface area contributed by atoms with Crippen molar-refractivity contribution in [3.05, 3.63) is 51.7 Å². The van der Waals surface area contributed by atoms with Gasteiger partial charge in [0.1, 0.15) is 16.7 Å². The molecule has 2 aliphatic rings. The van der Waals surface area contributed by atoms with Crippen LogP contribution in [0, 0.1) is 11.7 Å². The lowest BCUT2D eigenvalue weighted by atomic mass is 10.2. The lowest BCUT2D eigenvalue weighted by molar-refractivity contribution is 0.0747. The number of nitrogens with zero attached hydrogens (tertiary/aromatic N) is 5. The zero-order chi connectivity index (χ0) is 24.4. The molecule has 3 aromatic rings. The highest BCUT2D eigenvalue weighted by atomic mass is 32.2. The molecule has 12 heteroatoms. The van der Waals surface area contributed by atoms with Crippen molar-refractivity contribution in [2.45, 2.75) is 25.9 Å². The Balaban J connectivity index is 1.80. The first-order chi connectivity index (χ1) is 16.1. The Labute approximate surface area is 194 Å². The second-order valence-corrected chi connectivity index (χ2v) is 10.9. The molecule has 180 valence electrons. The van der Waals surface area contributed by atoms with E-state index in [0.29, 0.717) is 12.1 Å². The molecule has 0 radical (unpaired) electrons. The third-order valence-electron chi connectivity index (χ3n) is 6.32. The van der Waals surface area contributed by atoms with Crippen LogP contribution in [-0.2, 0) is 23.1 Å². The van der Waals surface area contributed by atoms with E-state index in [-0.39, 0.29) is 48.0 Å². The van der Waals surface area contributed by atoms with Crippen molar-refractivity contribution < 1.29 is 22.7 Å². The highest BCUT2D eigenvalue weighted by Crippen LogP contribution is 2.39. The van der Waals surface area contributed by atoms with Gasteiger partial charge in [0.25, 0.3) is 11.5 Å². The number of carbonyl (C=O) groups is 1. The van der Waals surface area contributed by atoms with E-state index in [4.69, 9.17) is 0 Å². The smallest absolute Gasteiger partial charge is 0.280 e. The van der Waals surface area contributed by atoms with Gasteiger partial charge in [-0.05, 0) is 36.5 Å². The first-order valence-electron chi connectivity index (χ1n) is 10.9. The van der Waals surface area contributed by atoms with Crippen LogP contribution in [0.5, 0.6) is 5.75 Å². The molecule has 1 amide bonds. The third-order valence-corrected chi connectivity index (χ3v) is 7.45. The average molecular weight is 490 g/mol. The number of rotatable bonds is 6. The van der Waals surface area contributed by atoms with Crippen LogP contribution in [0.2, 0.25) is 0 Å². The molecule has 0 bridgehead atoms. The fourth-order valence-corrected chi connectivity index (χ4v) is 5.22. The average Bonchev–Trinajstić information content (AvgIpc) is 3.54. The normalized spacial score (nSPS) is 16.2. The summed E-state index contributed by atoms with van der Waals surface area (Å²) in [4.78, 5) is 27.7. The summed E-state index contributed by atoms with van der Waals surface area (Å²) in [5.74, 6) is -1.24. The van der Waals surface area contributed by atoms with Crippen molar-refractivity contribution in [2.75, 3.05) is 30.7 Å². The number of sulfonamides is 1. The molecule has 1 aromatic carbocycles. The summed E-state index contributed by atoms with van der Waals surface area (Å²) in [6.45, 7) is 0.710. The Morgan fingerprint density at radius 2 is 1.85 bits per heavy atom. The molecular formula is C22H24FN5O5S. The lowest BCUT2D eigenvalue weighted by Crippen LogP contribution is -2.38. The standard InChI is InChI=1S/C22H24FN5O5S/c1-25-9-10-26-17-16(19(29)18(26)22(25)31)21(30)27(11-13-5-7-15(23)8-6-13)24-20(17)28(34(2,32)33)12-14-3-4-14/h5-8,14,29H,3-4,9-12H2,1-2H3. The van der Waals surface area contributed by atoms with Gasteiger partial charge in [-0.1, -0.05) is 12.1 Å². The number of aromatic hydroxyl groups is 1. The number of likely N-dealkylation sites (N-methyl/N-ethyl adjacent to an activating group) is 1. The summed E-state index contributed by atoms with van der Waals surface area (Å²) < 4.78 is 42.7. The predicted molar refractivity (Wildman–Crippen MR) is 123 cm³/mol. The van der Waals surface area contributed by atoms with Gasteiger partial charge >= 0.3 is 0 Å². The van der Waals surface area contributed by atoms with Gasteiger partial charge in [-0.2, -0.15) is 0 Å². The number of hydrogen-bond acceptors (Lipinski definition) is 6. The lowest BCUT2D eigenvalue weighted by Gasteiger charge is -2.27. The molecule has 1 aliphatic carbocycles. The summed E-state index contributed by atoms with van der Waals surface area (Å²) in [5.41, 5.74) is -0.0462. The molecule has 10 nitrogen and oxygen atoms in total. The van der Waals surface area contributed by atoms with Crippen LogP contribution in [0.4, 0.5) is 10.2 Å². The van der Waals surface area contributed by atoms with Crippen LogP contribution in [0.1, 0.15) is 28.9 Å². The molecule has 0 saturated heterocycles. The summed E-state index contributed by atoms with van der Waals surface area (Å²) >= 11 is 0. The Kier molecular flexibility index (Phi) is 5.15. The van der Waals surface area contributed by atoms with Crippen LogP contribution in [0.3, 0.4) is 0 Å². The minimum absolute atomic E-state index is 0.00925. The van der Waals surface area contributed by atoms with Gasteiger partial charge in [-0.15, -0.1) is 5.10 Å². The molecule has 1 N–H and O–H groups in total. The van der Waals surface area contributed by atoms with E-state index in [1.807, 2.05) is 0 Å². The minimum atomic E-state index is -3.80. The number of carbonyl (C=O) groups excluding carboxylic acids is 1. The van der Waals surface area contributed by atoms with Crippen molar-refractivity contribution in [1.82, 2.24) is 19.2 Å².